The molecule has 2 aliphatic heterocycles. The topological polar surface area (TPSA) is 120 Å². The molecule has 7 heteroatoms. The lowest BCUT2D eigenvalue weighted by Crippen LogP contribution is -2.44. The van der Waals surface area contributed by atoms with Gasteiger partial charge >= 0.3 is 0 Å². The molecule has 3 unspecified atom stereocenters. The van der Waals surface area contributed by atoms with Gasteiger partial charge in [0.1, 0.15) is 29.0 Å². The van der Waals surface area contributed by atoms with Crippen LogP contribution in [0.5, 0.6) is 34.5 Å². The Morgan fingerprint density at radius 3 is 2.07 bits per heavy atom. The first-order chi connectivity index (χ1) is 13.3. The Balaban J connectivity index is 1.96. The number of phenols is 4. The van der Waals surface area contributed by atoms with Crippen LogP contribution >= 0.6 is 0 Å². The summed E-state index contributed by atoms with van der Waals surface area (Å²) in [5.74, 6) is -1.20. The standard InChI is InChI=1S/C22H26O7/c1-21(2,3)15-10(23)8-13-14-16(22(4,5)29-13)18(27)19(28-20(14)15)9-6-11(24)17(26)12(25)7-9/h6-8,16,18-19,23-27H,1-5H3. The number of aliphatic hydroxyl groups is 1. The summed E-state index contributed by atoms with van der Waals surface area (Å²) in [4.78, 5) is 0. The second-order valence-electron chi connectivity index (χ2n) is 9.38. The molecule has 0 saturated heterocycles. The minimum Gasteiger partial charge on any atom is -0.507 e. The van der Waals surface area contributed by atoms with Crippen LogP contribution < -0.4 is 9.47 Å². The molecular weight excluding hydrogens is 376 g/mol. The lowest BCUT2D eigenvalue weighted by atomic mass is 9.74. The van der Waals surface area contributed by atoms with Crippen molar-refractivity contribution in [3.8, 4) is 34.5 Å². The second kappa shape index (κ2) is 5.86. The lowest BCUT2D eigenvalue weighted by molar-refractivity contribution is -0.0400. The van der Waals surface area contributed by atoms with Crippen molar-refractivity contribution in [3.63, 3.8) is 0 Å². The fourth-order valence-corrected chi connectivity index (χ4v) is 4.57. The number of benzene rings is 2. The van der Waals surface area contributed by atoms with E-state index in [0.29, 0.717) is 28.2 Å². The molecule has 2 aliphatic rings. The van der Waals surface area contributed by atoms with E-state index in [1.165, 1.54) is 12.1 Å². The molecule has 2 heterocycles. The number of rotatable bonds is 1. The van der Waals surface area contributed by atoms with Crippen molar-refractivity contribution in [2.75, 3.05) is 0 Å². The second-order valence-corrected chi connectivity index (χ2v) is 9.38. The van der Waals surface area contributed by atoms with Gasteiger partial charge in [0.15, 0.2) is 23.4 Å². The van der Waals surface area contributed by atoms with Gasteiger partial charge in [-0.3, -0.25) is 0 Å². The van der Waals surface area contributed by atoms with Crippen LogP contribution in [0.25, 0.3) is 0 Å². The van der Waals surface area contributed by atoms with Gasteiger partial charge in [-0.15, -0.1) is 0 Å². The summed E-state index contributed by atoms with van der Waals surface area (Å²) in [6.45, 7) is 9.55. The van der Waals surface area contributed by atoms with E-state index in [0.717, 1.165) is 0 Å². The zero-order valence-corrected chi connectivity index (χ0v) is 17.0. The summed E-state index contributed by atoms with van der Waals surface area (Å²) in [5.41, 5.74) is 0.351. The zero-order valence-electron chi connectivity index (χ0n) is 17.0. The first-order valence-corrected chi connectivity index (χ1v) is 9.52. The number of hydrogen-bond acceptors (Lipinski definition) is 7. The van der Waals surface area contributed by atoms with Gasteiger partial charge in [-0.05, 0) is 31.4 Å². The third kappa shape index (κ3) is 2.75. The highest BCUT2D eigenvalue weighted by atomic mass is 16.5. The van der Waals surface area contributed by atoms with Crippen molar-refractivity contribution in [1.82, 2.24) is 0 Å². The van der Waals surface area contributed by atoms with Gasteiger partial charge in [0.2, 0.25) is 0 Å². The molecule has 5 N–H and O–H groups in total. The van der Waals surface area contributed by atoms with E-state index in [9.17, 15) is 25.5 Å². The molecule has 156 valence electrons. The van der Waals surface area contributed by atoms with Crippen LogP contribution in [-0.4, -0.2) is 37.2 Å². The predicted octanol–water partition coefficient (Wildman–Crippen LogP) is 3.56. The van der Waals surface area contributed by atoms with Gasteiger partial charge in [-0.1, -0.05) is 20.8 Å². The molecule has 0 spiro atoms. The molecule has 0 radical (unpaired) electrons. The number of ether oxygens (including phenoxy) is 2. The highest BCUT2D eigenvalue weighted by Gasteiger charge is 2.54. The predicted molar refractivity (Wildman–Crippen MR) is 105 cm³/mol. The molecule has 4 rings (SSSR count). The number of phenolic OH excluding ortho intramolecular Hbond substituents is 4. The largest absolute Gasteiger partial charge is 0.507 e. The Kier molecular flexibility index (Phi) is 3.94. The average Bonchev–Trinajstić information content (AvgIpc) is 2.84. The molecule has 0 aromatic heterocycles. The Hall–Kier alpha value is -2.80. The summed E-state index contributed by atoms with van der Waals surface area (Å²) >= 11 is 0. The third-order valence-corrected chi connectivity index (χ3v) is 5.76. The van der Waals surface area contributed by atoms with Gasteiger partial charge in [0.25, 0.3) is 0 Å². The molecule has 29 heavy (non-hydrogen) atoms. The fourth-order valence-electron chi connectivity index (χ4n) is 4.57. The van der Waals surface area contributed by atoms with Crippen molar-refractivity contribution < 1.29 is 35.0 Å². The summed E-state index contributed by atoms with van der Waals surface area (Å²) in [7, 11) is 0. The molecule has 0 amide bonds. The molecular formula is C22H26O7. The molecule has 3 atom stereocenters. The van der Waals surface area contributed by atoms with E-state index in [1.54, 1.807) is 6.07 Å². The van der Waals surface area contributed by atoms with Crippen molar-refractivity contribution in [3.05, 3.63) is 34.9 Å². The molecule has 0 bridgehead atoms. The smallest absolute Gasteiger partial charge is 0.200 e. The van der Waals surface area contributed by atoms with E-state index in [4.69, 9.17) is 9.47 Å². The molecule has 0 fully saturated rings. The van der Waals surface area contributed by atoms with Gasteiger partial charge in [0, 0.05) is 22.8 Å². The Morgan fingerprint density at radius 2 is 1.52 bits per heavy atom. The summed E-state index contributed by atoms with van der Waals surface area (Å²) in [6, 6.07) is 4.06. The molecule has 2 aromatic rings. The zero-order chi connectivity index (χ0) is 21.5. The Labute approximate surface area is 168 Å². The maximum Gasteiger partial charge on any atom is 0.200 e. The van der Waals surface area contributed by atoms with Crippen LogP contribution in [0.2, 0.25) is 0 Å². The van der Waals surface area contributed by atoms with Gasteiger partial charge in [-0.2, -0.15) is 0 Å². The van der Waals surface area contributed by atoms with Crippen LogP contribution in [0, 0.1) is 0 Å². The van der Waals surface area contributed by atoms with Crippen LogP contribution in [-0.2, 0) is 5.41 Å². The number of hydrogen-bond donors (Lipinski definition) is 5. The van der Waals surface area contributed by atoms with Crippen molar-refractivity contribution in [2.45, 2.75) is 63.8 Å². The maximum absolute atomic E-state index is 11.2. The van der Waals surface area contributed by atoms with E-state index >= 15 is 0 Å². The summed E-state index contributed by atoms with van der Waals surface area (Å²) in [6.07, 6.45) is -2.01. The first-order valence-electron chi connectivity index (χ1n) is 9.52. The van der Waals surface area contributed by atoms with Gasteiger partial charge in [0.05, 0.1) is 5.92 Å². The quantitative estimate of drug-likeness (QED) is 0.463. The van der Waals surface area contributed by atoms with Crippen LogP contribution in [0.4, 0.5) is 0 Å². The van der Waals surface area contributed by atoms with Crippen LogP contribution in [0.3, 0.4) is 0 Å². The normalized spacial score (nSPS) is 24.6. The first kappa shape index (κ1) is 19.5. The highest BCUT2D eigenvalue weighted by Crippen LogP contribution is 2.60. The Bertz CT molecular complexity index is 980. The van der Waals surface area contributed by atoms with Crippen LogP contribution in [0.15, 0.2) is 18.2 Å². The van der Waals surface area contributed by atoms with E-state index in [-0.39, 0.29) is 5.75 Å². The minimum atomic E-state index is -1.06. The molecule has 2 aromatic carbocycles. The van der Waals surface area contributed by atoms with Gasteiger partial charge in [-0.25, -0.2) is 0 Å². The summed E-state index contributed by atoms with van der Waals surface area (Å²) < 4.78 is 12.3. The fraction of sp³-hybridized carbons (Fsp3) is 0.455. The lowest BCUT2D eigenvalue weighted by Gasteiger charge is -2.40. The van der Waals surface area contributed by atoms with Crippen molar-refractivity contribution in [2.24, 2.45) is 0 Å². The molecule has 7 nitrogen and oxygen atoms in total. The van der Waals surface area contributed by atoms with Crippen molar-refractivity contribution in [1.29, 1.82) is 0 Å². The monoisotopic (exact) mass is 402 g/mol. The third-order valence-electron chi connectivity index (χ3n) is 5.76. The maximum atomic E-state index is 11.2. The minimum absolute atomic E-state index is 0.0363. The van der Waals surface area contributed by atoms with E-state index in [2.05, 4.69) is 0 Å². The molecule has 0 saturated carbocycles. The number of aromatic hydroxyl groups is 4. The van der Waals surface area contributed by atoms with E-state index in [1.807, 2.05) is 34.6 Å². The van der Waals surface area contributed by atoms with E-state index < -0.39 is 46.4 Å². The Morgan fingerprint density at radius 1 is 0.931 bits per heavy atom. The van der Waals surface area contributed by atoms with Crippen molar-refractivity contribution >= 4 is 0 Å². The van der Waals surface area contributed by atoms with Crippen LogP contribution in [0.1, 0.15) is 63.3 Å². The summed E-state index contributed by atoms with van der Waals surface area (Å²) in [5, 5.41) is 51.5. The average molecular weight is 402 g/mol. The molecule has 0 aliphatic carbocycles. The van der Waals surface area contributed by atoms with Gasteiger partial charge < -0.3 is 35.0 Å². The highest BCUT2D eigenvalue weighted by molar-refractivity contribution is 5.65. The number of aliphatic hydroxyl groups excluding tert-OH is 1. The SMILES string of the molecule is CC(C)(C)c1c(O)cc2c3c1OC(c1cc(O)c(O)c(O)c1)C(O)C3C(C)(C)O2.